The average molecular weight is 310 g/mol. The van der Waals surface area contributed by atoms with Gasteiger partial charge in [-0.25, -0.2) is 4.39 Å². The van der Waals surface area contributed by atoms with E-state index in [4.69, 9.17) is 11.6 Å². The zero-order chi connectivity index (χ0) is 14.5. The molecule has 1 aromatic carbocycles. The van der Waals surface area contributed by atoms with Crippen LogP contribution in [0.2, 0.25) is 4.34 Å². The summed E-state index contributed by atoms with van der Waals surface area (Å²) in [5, 5.41) is 2.75. The Balaban J connectivity index is 1.88. The molecule has 0 aliphatic rings. The first-order valence-corrected chi connectivity index (χ1v) is 7.20. The molecule has 0 bridgehead atoms. The molecule has 0 saturated heterocycles. The molecule has 0 radical (unpaired) electrons. The van der Waals surface area contributed by atoms with E-state index in [1.165, 1.54) is 23.5 Å². The normalized spacial score (nSPS) is 10.9. The van der Waals surface area contributed by atoms with Gasteiger partial charge < -0.3 is 5.32 Å². The number of aryl methyl sites for hydroxylation is 1. The van der Waals surface area contributed by atoms with E-state index < -0.39 is 0 Å². The van der Waals surface area contributed by atoms with Gasteiger partial charge in [0.15, 0.2) is 0 Å². The first-order valence-electron chi connectivity index (χ1n) is 6.01. The van der Waals surface area contributed by atoms with E-state index in [-0.39, 0.29) is 11.7 Å². The summed E-state index contributed by atoms with van der Waals surface area (Å²) < 4.78 is 13.8. The predicted octanol–water partition coefficient (Wildman–Crippen LogP) is 4.18. The van der Waals surface area contributed by atoms with Crippen molar-refractivity contribution in [1.29, 1.82) is 0 Å². The highest BCUT2D eigenvalue weighted by Crippen LogP contribution is 2.22. The molecule has 2 aromatic rings. The smallest absolute Gasteiger partial charge is 0.244 e. The highest BCUT2D eigenvalue weighted by Gasteiger charge is 2.01. The Morgan fingerprint density at radius 3 is 2.85 bits per heavy atom. The van der Waals surface area contributed by atoms with Crippen molar-refractivity contribution >= 4 is 34.9 Å². The second-order valence-corrected chi connectivity index (χ2v) is 6.02. The van der Waals surface area contributed by atoms with Crippen LogP contribution in [0.25, 0.3) is 6.08 Å². The van der Waals surface area contributed by atoms with Crippen LogP contribution in [0.15, 0.2) is 36.4 Å². The van der Waals surface area contributed by atoms with E-state index in [1.807, 2.05) is 6.07 Å². The molecule has 1 aromatic heterocycles. The van der Waals surface area contributed by atoms with Crippen LogP contribution in [0.5, 0.6) is 0 Å². The third-order valence-corrected chi connectivity index (χ3v) is 3.88. The van der Waals surface area contributed by atoms with Gasteiger partial charge >= 0.3 is 0 Å². The molecule has 0 unspecified atom stereocenters. The number of thiophene rings is 1. The molecule has 0 aliphatic heterocycles. The fourth-order valence-electron chi connectivity index (χ4n) is 1.64. The maximum Gasteiger partial charge on any atom is 0.244 e. The molecule has 0 spiro atoms. The van der Waals surface area contributed by atoms with Crippen molar-refractivity contribution < 1.29 is 9.18 Å². The van der Waals surface area contributed by atoms with Crippen LogP contribution >= 0.6 is 22.9 Å². The third-order valence-electron chi connectivity index (χ3n) is 2.68. The monoisotopic (exact) mass is 309 g/mol. The molecule has 2 rings (SSSR count). The van der Waals surface area contributed by atoms with Gasteiger partial charge in [0, 0.05) is 17.5 Å². The first kappa shape index (κ1) is 14.8. The Morgan fingerprint density at radius 2 is 2.20 bits per heavy atom. The van der Waals surface area contributed by atoms with E-state index >= 15 is 0 Å². The van der Waals surface area contributed by atoms with Gasteiger partial charge in [0.2, 0.25) is 5.91 Å². The van der Waals surface area contributed by atoms with E-state index in [9.17, 15) is 9.18 Å². The minimum atomic E-state index is -0.241. The van der Waals surface area contributed by atoms with Gasteiger partial charge in [0.1, 0.15) is 5.82 Å². The Bertz CT molecular complexity index is 651. The number of rotatable bonds is 4. The van der Waals surface area contributed by atoms with Gasteiger partial charge in [-0.3, -0.25) is 4.79 Å². The molecule has 0 saturated carbocycles. The second-order valence-electron chi connectivity index (χ2n) is 4.28. The number of nitrogens with one attached hydrogen (secondary N) is 1. The van der Waals surface area contributed by atoms with Crippen LogP contribution in [0.4, 0.5) is 4.39 Å². The van der Waals surface area contributed by atoms with Crippen molar-refractivity contribution in [3.8, 4) is 0 Å². The van der Waals surface area contributed by atoms with Crippen molar-refractivity contribution in [3.63, 3.8) is 0 Å². The quantitative estimate of drug-likeness (QED) is 0.843. The van der Waals surface area contributed by atoms with E-state index in [0.717, 1.165) is 10.4 Å². The Labute approximate surface area is 125 Å². The molecule has 1 amide bonds. The number of hydrogen-bond donors (Lipinski definition) is 1. The first-order chi connectivity index (χ1) is 9.54. The molecule has 0 aliphatic carbocycles. The molecule has 104 valence electrons. The third kappa shape index (κ3) is 4.18. The minimum absolute atomic E-state index is 0.198. The Kier molecular flexibility index (Phi) is 4.93. The molecular formula is C15H13ClFNOS. The lowest BCUT2D eigenvalue weighted by atomic mass is 10.1. The lowest BCUT2D eigenvalue weighted by Gasteiger charge is -2.04. The minimum Gasteiger partial charge on any atom is -0.348 e. The van der Waals surface area contributed by atoms with E-state index in [2.05, 4.69) is 5.32 Å². The number of amides is 1. The molecule has 1 N–H and O–H groups in total. The largest absolute Gasteiger partial charge is 0.348 e. The maximum atomic E-state index is 13.1. The summed E-state index contributed by atoms with van der Waals surface area (Å²) in [4.78, 5) is 12.6. The number of halogens is 2. The SMILES string of the molecule is Cc1cc(CNC(=O)/C=C/c2ccc(Cl)s2)ccc1F. The molecule has 5 heteroatoms. The van der Waals surface area contributed by atoms with Gasteiger partial charge in [-0.05, 0) is 42.3 Å². The van der Waals surface area contributed by atoms with Crippen molar-refractivity contribution in [2.24, 2.45) is 0 Å². The molecule has 20 heavy (non-hydrogen) atoms. The van der Waals surface area contributed by atoms with Crippen LogP contribution in [0, 0.1) is 12.7 Å². The fraction of sp³-hybridized carbons (Fsp3) is 0.133. The summed E-state index contributed by atoms with van der Waals surface area (Å²) >= 11 is 7.20. The summed E-state index contributed by atoms with van der Waals surface area (Å²) in [5.41, 5.74) is 1.44. The molecule has 1 heterocycles. The van der Waals surface area contributed by atoms with E-state index in [0.29, 0.717) is 16.4 Å². The zero-order valence-electron chi connectivity index (χ0n) is 10.8. The summed E-state index contributed by atoms with van der Waals surface area (Å²) in [7, 11) is 0. The maximum absolute atomic E-state index is 13.1. The van der Waals surface area contributed by atoms with Crippen molar-refractivity contribution in [2.45, 2.75) is 13.5 Å². The van der Waals surface area contributed by atoms with Crippen molar-refractivity contribution in [3.05, 3.63) is 62.6 Å². The van der Waals surface area contributed by atoms with Crippen molar-refractivity contribution in [2.75, 3.05) is 0 Å². The molecular weight excluding hydrogens is 297 g/mol. The molecule has 0 atom stereocenters. The standard InChI is InChI=1S/C15H13ClFNOS/c1-10-8-11(2-5-13(10)17)9-18-15(19)7-4-12-3-6-14(16)20-12/h2-8H,9H2,1H3,(H,18,19)/b7-4+. The van der Waals surface area contributed by atoms with Crippen LogP contribution in [0.1, 0.15) is 16.0 Å². The summed E-state index contributed by atoms with van der Waals surface area (Å²) in [6, 6.07) is 8.41. The van der Waals surface area contributed by atoms with Crippen LogP contribution in [-0.4, -0.2) is 5.91 Å². The highest BCUT2D eigenvalue weighted by atomic mass is 35.5. The summed E-state index contributed by atoms with van der Waals surface area (Å²) in [6.07, 6.45) is 3.17. The van der Waals surface area contributed by atoms with Gasteiger partial charge in [-0.15, -0.1) is 11.3 Å². The molecule has 2 nitrogen and oxygen atoms in total. The number of carbonyl (C=O) groups is 1. The highest BCUT2D eigenvalue weighted by molar-refractivity contribution is 7.17. The Hall–Kier alpha value is -1.65. The molecule has 0 fully saturated rings. The fourth-order valence-corrected chi connectivity index (χ4v) is 2.60. The van der Waals surface area contributed by atoms with E-state index in [1.54, 1.807) is 31.2 Å². The van der Waals surface area contributed by atoms with Gasteiger partial charge in [-0.1, -0.05) is 23.7 Å². The van der Waals surface area contributed by atoms with Gasteiger partial charge in [0.25, 0.3) is 0 Å². The van der Waals surface area contributed by atoms with Gasteiger partial charge in [0.05, 0.1) is 4.34 Å². The van der Waals surface area contributed by atoms with Crippen LogP contribution < -0.4 is 5.32 Å². The average Bonchev–Trinajstić information content (AvgIpc) is 2.83. The van der Waals surface area contributed by atoms with Crippen LogP contribution in [0.3, 0.4) is 0 Å². The second kappa shape index (κ2) is 6.68. The number of hydrogen-bond acceptors (Lipinski definition) is 2. The Morgan fingerprint density at radius 1 is 1.40 bits per heavy atom. The predicted molar refractivity (Wildman–Crippen MR) is 81.3 cm³/mol. The number of carbonyl (C=O) groups excluding carboxylic acids is 1. The zero-order valence-corrected chi connectivity index (χ0v) is 12.4. The lowest BCUT2D eigenvalue weighted by molar-refractivity contribution is -0.116. The van der Waals surface area contributed by atoms with Crippen molar-refractivity contribution in [1.82, 2.24) is 5.32 Å². The number of benzene rings is 1. The summed E-state index contributed by atoms with van der Waals surface area (Å²) in [6.45, 7) is 2.07. The topological polar surface area (TPSA) is 29.1 Å². The summed E-state index contributed by atoms with van der Waals surface area (Å²) in [5.74, 6) is -0.439. The van der Waals surface area contributed by atoms with Gasteiger partial charge in [-0.2, -0.15) is 0 Å². The lowest BCUT2D eigenvalue weighted by Crippen LogP contribution is -2.20. The van der Waals surface area contributed by atoms with Crippen LogP contribution in [-0.2, 0) is 11.3 Å².